The zero-order valence-corrected chi connectivity index (χ0v) is 11.9. The number of benzene rings is 1. The van der Waals surface area contributed by atoms with Crippen LogP contribution in [0.5, 0.6) is 0 Å². The number of fused-ring (bicyclic) bond motifs is 1. The molecule has 1 aliphatic heterocycles. The molecule has 106 valence electrons. The molecular weight excluding hydrogens is 278 g/mol. The highest BCUT2D eigenvalue weighted by Crippen LogP contribution is 2.54. The van der Waals surface area contributed by atoms with Crippen molar-refractivity contribution in [3.05, 3.63) is 30.3 Å². The molecule has 6 heteroatoms. The van der Waals surface area contributed by atoms with E-state index in [4.69, 9.17) is 4.74 Å². The SMILES string of the molecule is CCOC(=O)N1[C@@H]2CCC(=O)[C@@]21[S@@](=O)c1ccccc1. The predicted octanol–water partition coefficient (Wildman–Crippen LogP) is 1.69. The molecule has 0 aromatic heterocycles. The lowest BCUT2D eigenvalue weighted by Gasteiger charge is -2.15. The highest BCUT2D eigenvalue weighted by atomic mass is 32.2. The molecule has 5 nitrogen and oxygen atoms in total. The van der Waals surface area contributed by atoms with Gasteiger partial charge in [-0.25, -0.2) is 4.79 Å². The van der Waals surface area contributed by atoms with Gasteiger partial charge in [0.15, 0.2) is 5.78 Å². The lowest BCUT2D eigenvalue weighted by molar-refractivity contribution is -0.119. The summed E-state index contributed by atoms with van der Waals surface area (Å²) in [4.78, 5) is 24.9. The van der Waals surface area contributed by atoms with Gasteiger partial charge in [0, 0.05) is 11.3 Å². The van der Waals surface area contributed by atoms with E-state index >= 15 is 0 Å². The molecule has 0 N–H and O–H groups in total. The summed E-state index contributed by atoms with van der Waals surface area (Å²) in [5.74, 6) is -0.127. The summed E-state index contributed by atoms with van der Waals surface area (Å²) in [5, 5.41) is 0. The van der Waals surface area contributed by atoms with Gasteiger partial charge in [-0.05, 0) is 25.5 Å². The number of nitrogens with zero attached hydrogens (tertiary/aromatic N) is 1. The van der Waals surface area contributed by atoms with Gasteiger partial charge in [-0.2, -0.15) is 0 Å². The Kier molecular flexibility index (Phi) is 3.12. The average molecular weight is 293 g/mol. The van der Waals surface area contributed by atoms with Gasteiger partial charge in [-0.1, -0.05) is 18.2 Å². The van der Waals surface area contributed by atoms with Crippen molar-refractivity contribution >= 4 is 22.7 Å². The summed E-state index contributed by atoms with van der Waals surface area (Å²) in [5.41, 5.74) is 0. The van der Waals surface area contributed by atoms with Crippen LogP contribution >= 0.6 is 0 Å². The van der Waals surface area contributed by atoms with Crippen molar-refractivity contribution in [1.82, 2.24) is 4.90 Å². The first-order valence-corrected chi connectivity index (χ1v) is 7.75. The van der Waals surface area contributed by atoms with Crippen LogP contribution in [0.25, 0.3) is 0 Å². The molecule has 0 radical (unpaired) electrons. The number of ketones is 1. The predicted molar refractivity (Wildman–Crippen MR) is 72.5 cm³/mol. The molecule has 1 amide bonds. The summed E-state index contributed by atoms with van der Waals surface area (Å²) in [7, 11) is -1.56. The van der Waals surface area contributed by atoms with Crippen LogP contribution in [-0.4, -0.2) is 38.5 Å². The second-order valence-corrected chi connectivity index (χ2v) is 6.46. The van der Waals surface area contributed by atoms with Gasteiger partial charge in [-0.15, -0.1) is 0 Å². The number of Topliss-reactive ketones (excluding diaryl/α,β-unsaturated/α-hetero) is 1. The van der Waals surface area contributed by atoms with E-state index in [1.807, 2.05) is 6.07 Å². The average Bonchev–Trinajstić information content (AvgIpc) is 3.04. The Morgan fingerprint density at radius 2 is 2.15 bits per heavy atom. The minimum atomic E-state index is -1.56. The van der Waals surface area contributed by atoms with Gasteiger partial charge in [-0.3, -0.25) is 13.9 Å². The van der Waals surface area contributed by atoms with Crippen molar-refractivity contribution in [3.8, 4) is 0 Å². The molecule has 0 unspecified atom stereocenters. The second-order valence-electron chi connectivity index (χ2n) is 4.82. The maximum Gasteiger partial charge on any atom is 0.411 e. The third-order valence-electron chi connectivity index (χ3n) is 3.80. The first-order valence-electron chi connectivity index (χ1n) is 6.60. The van der Waals surface area contributed by atoms with Crippen molar-refractivity contribution in [1.29, 1.82) is 0 Å². The van der Waals surface area contributed by atoms with Crippen molar-refractivity contribution < 1.29 is 18.5 Å². The van der Waals surface area contributed by atoms with E-state index in [-0.39, 0.29) is 18.4 Å². The molecular formula is C14H15NO4S. The fraction of sp³-hybridized carbons (Fsp3) is 0.429. The van der Waals surface area contributed by atoms with Crippen LogP contribution in [0.2, 0.25) is 0 Å². The van der Waals surface area contributed by atoms with Gasteiger partial charge in [0.2, 0.25) is 4.87 Å². The van der Waals surface area contributed by atoms with Gasteiger partial charge in [0.1, 0.15) is 0 Å². The number of hydrogen-bond donors (Lipinski definition) is 0. The standard InChI is InChI=1S/C14H15NO4S/c1-2-19-13(17)15-11-8-9-12(16)14(11,15)20(18)10-6-4-3-5-7-10/h3-7,11H,2,8-9H2,1H3/t11-,14+,15?,20+/m1/s1. The summed E-state index contributed by atoms with van der Waals surface area (Å²) >= 11 is 0. The van der Waals surface area contributed by atoms with E-state index in [2.05, 4.69) is 0 Å². The Labute approximate surface area is 119 Å². The van der Waals surface area contributed by atoms with Gasteiger partial charge in [0.25, 0.3) is 0 Å². The van der Waals surface area contributed by atoms with Gasteiger partial charge in [0.05, 0.1) is 23.4 Å². The Morgan fingerprint density at radius 3 is 2.80 bits per heavy atom. The molecule has 3 rings (SSSR count). The largest absolute Gasteiger partial charge is 0.450 e. The molecule has 1 aliphatic carbocycles. The quantitative estimate of drug-likeness (QED) is 0.796. The molecule has 20 heavy (non-hydrogen) atoms. The number of piperidine rings is 1. The molecule has 2 aliphatic rings. The van der Waals surface area contributed by atoms with Crippen LogP contribution in [0.15, 0.2) is 35.2 Å². The Morgan fingerprint density at radius 1 is 1.45 bits per heavy atom. The maximum atomic E-state index is 12.8. The van der Waals surface area contributed by atoms with E-state index in [1.54, 1.807) is 31.2 Å². The smallest absolute Gasteiger partial charge is 0.411 e. The summed E-state index contributed by atoms with van der Waals surface area (Å²) in [6.07, 6.45) is 0.393. The molecule has 1 saturated carbocycles. The first kappa shape index (κ1) is 13.3. The molecule has 0 bridgehead atoms. The van der Waals surface area contributed by atoms with Crippen LogP contribution in [0.1, 0.15) is 19.8 Å². The zero-order chi connectivity index (χ0) is 14.3. The van der Waals surface area contributed by atoms with Crippen LogP contribution in [0.3, 0.4) is 0 Å². The zero-order valence-electron chi connectivity index (χ0n) is 11.1. The van der Waals surface area contributed by atoms with E-state index in [9.17, 15) is 13.8 Å². The van der Waals surface area contributed by atoms with Crippen LogP contribution in [-0.2, 0) is 20.3 Å². The molecule has 1 saturated heterocycles. The van der Waals surface area contributed by atoms with Crippen molar-refractivity contribution in [2.24, 2.45) is 0 Å². The maximum absolute atomic E-state index is 12.8. The van der Waals surface area contributed by atoms with E-state index in [0.29, 0.717) is 17.7 Å². The summed E-state index contributed by atoms with van der Waals surface area (Å²) in [6.45, 7) is 1.95. The lowest BCUT2D eigenvalue weighted by Crippen LogP contribution is -2.35. The van der Waals surface area contributed by atoms with Gasteiger partial charge < -0.3 is 4.74 Å². The summed E-state index contributed by atoms with van der Waals surface area (Å²) in [6, 6.07) is 8.52. The van der Waals surface area contributed by atoms with E-state index < -0.39 is 21.8 Å². The van der Waals surface area contributed by atoms with Crippen molar-refractivity contribution in [3.63, 3.8) is 0 Å². The monoisotopic (exact) mass is 293 g/mol. The highest BCUT2D eigenvalue weighted by Gasteiger charge is 2.77. The number of likely N-dealkylation sites (tertiary alicyclic amines) is 1. The Hall–Kier alpha value is -1.69. The molecule has 0 spiro atoms. The van der Waals surface area contributed by atoms with Crippen LogP contribution < -0.4 is 0 Å². The number of hydrogen-bond acceptors (Lipinski definition) is 4. The van der Waals surface area contributed by atoms with Crippen molar-refractivity contribution in [2.75, 3.05) is 6.61 Å². The van der Waals surface area contributed by atoms with Crippen LogP contribution in [0, 0.1) is 0 Å². The minimum absolute atomic E-state index is 0.127. The van der Waals surface area contributed by atoms with E-state index in [1.165, 1.54) is 4.90 Å². The molecule has 3 atom stereocenters. The number of amides is 1. The lowest BCUT2D eigenvalue weighted by atomic mass is 10.3. The molecule has 1 aromatic rings. The Bertz CT molecular complexity index is 588. The van der Waals surface area contributed by atoms with Crippen molar-refractivity contribution in [2.45, 2.75) is 35.6 Å². The molecule has 1 heterocycles. The fourth-order valence-corrected chi connectivity index (χ4v) is 4.79. The highest BCUT2D eigenvalue weighted by molar-refractivity contribution is 7.87. The number of ether oxygens (including phenoxy) is 1. The van der Waals surface area contributed by atoms with E-state index in [0.717, 1.165) is 0 Å². The second kappa shape index (κ2) is 4.70. The molecule has 1 aromatic carbocycles. The number of carbonyl (C=O) groups is 2. The number of rotatable bonds is 3. The third-order valence-corrected chi connectivity index (χ3v) is 5.76. The third kappa shape index (κ3) is 1.64. The minimum Gasteiger partial charge on any atom is -0.450 e. The first-order chi connectivity index (χ1) is 9.64. The number of carbonyl (C=O) groups excluding carboxylic acids is 2. The fourth-order valence-electron chi connectivity index (χ4n) is 2.92. The van der Waals surface area contributed by atoms with Crippen LogP contribution in [0.4, 0.5) is 4.79 Å². The summed E-state index contributed by atoms with van der Waals surface area (Å²) < 4.78 is 17.7. The molecule has 2 fully saturated rings. The normalized spacial score (nSPS) is 28.9. The Balaban J connectivity index is 1.95. The topological polar surface area (TPSA) is 63.5 Å². The van der Waals surface area contributed by atoms with Gasteiger partial charge >= 0.3 is 6.09 Å².